The van der Waals surface area contributed by atoms with Gasteiger partial charge in [0.1, 0.15) is 11.9 Å². The van der Waals surface area contributed by atoms with Gasteiger partial charge < -0.3 is 9.84 Å². The predicted octanol–water partition coefficient (Wildman–Crippen LogP) is 3.54. The summed E-state index contributed by atoms with van der Waals surface area (Å²) in [6.07, 6.45) is -0.677. The minimum atomic E-state index is -0.677. The molecule has 0 aliphatic carbocycles. The van der Waals surface area contributed by atoms with Crippen molar-refractivity contribution in [3.8, 4) is 5.75 Å². The molecular weight excluding hydrogens is 280 g/mol. The van der Waals surface area contributed by atoms with Crippen molar-refractivity contribution >= 4 is 15.9 Å². The molecule has 0 fully saturated rings. The predicted molar refractivity (Wildman–Crippen MR) is 71.2 cm³/mol. The molecule has 88 valence electrons. The molecule has 2 aromatic rings. The second-order valence-corrected chi connectivity index (χ2v) is 4.62. The van der Waals surface area contributed by atoms with Crippen LogP contribution in [0.25, 0.3) is 0 Å². The van der Waals surface area contributed by atoms with E-state index in [4.69, 9.17) is 4.74 Å². The number of halogens is 1. The molecule has 0 aliphatic heterocycles. The number of hydrogen-bond acceptors (Lipinski definition) is 2. The fourth-order valence-corrected chi connectivity index (χ4v) is 2.17. The zero-order valence-corrected chi connectivity index (χ0v) is 11.0. The average molecular weight is 293 g/mol. The van der Waals surface area contributed by atoms with Crippen LogP contribution in [0.3, 0.4) is 0 Å². The Morgan fingerprint density at radius 1 is 1.12 bits per heavy atom. The van der Waals surface area contributed by atoms with Crippen LogP contribution in [0, 0.1) is 0 Å². The van der Waals surface area contributed by atoms with E-state index in [1.54, 1.807) is 7.11 Å². The Kier molecular flexibility index (Phi) is 3.82. The Balaban J connectivity index is 2.40. The van der Waals surface area contributed by atoms with Gasteiger partial charge >= 0.3 is 0 Å². The molecule has 2 rings (SSSR count). The smallest absolute Gasteiger partial charge is 0.125 e. The Labute approximate surface area is 109 Å². The first-order valence-electron chi connectivity index (χ1n) is 5.29. The number of aliphatic hydroxyl groups excluding tert-OH is 1. The van der Waals surface area contributed by atoms with Crippen molar-refractivity contribution in [3.63, 3.8) is 0 Å². The van der Waals surface area contributed by atoms with Crippen molar-refractivity contribution in [1.82, 2.24) is 0 Å². The molecule has 0 saturated heterocycles. The van der Waals surface area contributed by atoms with Gasteiger partial charge in [0.25, 0.3) is 0 Å². The molecule has 0 amide bonds. The van der Waals surface area contributed by atoms with Gasteiger partial charge in [-0.15, -0.1) is 0 Å². The Hall–Kier alpha value is -1.32. The quantitative estimate of drug-likeness (QED) is 0.938. The lowest BCUT2D eigenvalue weighted by molar-refractivity contribution is 0.214. The molecule has 0 bridgehead atoms. The second kappa shape index (κ2) is 5.34. The number of rotatable bonds is 3. The normalized spacial score (nSPS) is 12.2. The molecule has 0 aromatic heterocycles. The number of ether oxygens (including phenoxy) is 1. The van der Waals surface area contributed by atoms with Gasteiger partial charge in [0.05, 0.1) is 7.11 Å². The van der Waals surface area contributed by atoms with E-state index in [1.165, 1.54) is 0 Å². The van der Waals surface area contributed by atoms with Crippen LogP contribution in [-0.4, -0.2) is 12.2 Å². The minimum Gasteiger partial charge on any atom is -0.496 e. The van der Waals surface area contributed by atoms with E-state index in [-0.39, 0.29) is 0 Å². The highest BCUT2D eigenvalue weighted by molar-refractivity contribution is 9.10. The van der Waals surface area contributed by atoms with Crippen molar-refractivity contribution in [2.24, 2.45) is 0 Å². The van der Waals surface area contributed by atoms with E-state index in [2.05, 4.69) is 15.9 Å². The maximum atomic E-state index is 10.3. The number of benzene rings is 2. The van der Waals surface area contributed by atoms with Gasteiger partial charge in [-0.2, -0.15) is 0 Å². The molecule has 0 spiro atoms. The van der Waals surface area contributed by atoms with Gasteiger partial charge in [-0.1, -0.05) is 46.3 Å². The lowest BCUT2D eigenvalue weighted by Gasteiger charge is -2.15. The third-order valence-corrected chi connectivity index (χ3v) is 3.09. The van der Waals surface area contributed by atoms with Gasteiger partial charge in [-0.05, 0) is 23.8 Å². The summed E-state index contributed by atoms with van der Waals surface area (Å²) < 4.78 is 6.19. The van der Waals surface area contributed by atoms with Crippen LogP contribution in [0.15, 0.2) is 53.0 Å². The third-order valence-electron chi connectivity index (χ3n) is 2.60. The average Bonchev–Trinajstić information content (AvgIpc) is 2.38. The SMILES string of the molecule is COc1ccccc1[C@H](O)c1cccc(Br)c1. The Morgan fingerprint density at radius 2 is 1.88 bits per heavy atom. The fourth-order valence-electron chi connectivity index (χ4n) is 1.75. The summed E-state index contributed by atoms with van der Waals surface area (Å²) in [6.45, 7) is 0. The van der Waals surface area contributed by atoms with Gasteiger partial charge in [0.2, 0.25) is 0 Å². The first-order valence-corrected chi connectivity index (χ1v) is 6.08. The van der Waals surface area contributed by atoms with E-state index in [1.807, 2.05) is 48.5 Å². The molecule has 2 aromatic carbocycles. The highest BCUT2D eigenvalue weighted by Crippen LogP contribution is 2.30. The maximum absolute atomic E-state index is 10.3. The highest BCUT2D eigenvalue weighted by Gasteiger charge is 2.14. The number of para-hydroxylation sites is 1. The molecule has 1 N–H and O–H groups in total. The van der Waals surface area contributed by atoms with Gasteiger partial charge in [0, 0.05) is 10.0 Å². The van der Waals surface area contributed by atoms with Crippen LogP contribution >= 0.6 is 15.9 Å². The monoisotopic (exact) mass is 292 g/mol. The summed E-state index contributed by atoms with van der Waals surface area (Å²) in [5.41, 5.74) is 1.61. The lowest BCUT2D eigenvalue weighted by Crippen LogP contribution is -2.02. The molecule has 0 unspecified atom stereocenters. The van der Waals surface area contributed by atoms with Crippen molar-refractivity contribution in [2.75, 3.05) is 7.11 Å². The standard InChI is InChI=1S/C14H13BrO2/c1-17-13-8-3-2-7-12(13)14(16)10-5-4-6-11(15)9-10/h2-9,14,16H,1H3/t14-/m1/s1. The van der Waals surface area contributed by atoms with E-state index >= 15 is 0 Å². The van der Waals surface area contributed by atoms with Crippen molar-refractivity contribution in [3.05, 3.63) is 64.1 Å². The van der Waals surface area contributed by atoms with Crippen LogP contribution < -0.4 is 4.74 Å². The maximum Gasteiger partial charge on any atom is 0.125 e. The van der Waals surface area contributed by atoms with Crippen molar-refractivity contribution in [2.45, 2.75) is 6.10 Å². The molecule has 0 heterocycles. The van der Waals surface area contributed by atoms with Gasteiger partial charge in [0.15, 0.2) is 0 Å². The summed E-state index contributed by atoms with van der Waals surface area (Å²) in [4.78, 5) is 0. The Morgan fingerprint density at radius 3 is 2.59 bits per heavy atom. The van der Waals surface area contributed by atoms with E-state index in [0.29, 0.717) is 5.75 Å². The molecule has 3 heteroatoms. The van der Waals surface area contributed by atoms with Crippen molar-refractivity contribution < 1.29 is 9.84 Å². The molecule has 0 radical (unpaired) electrons. The number of aliphatic hydroxyl groups is 1. The largest absolute Gasteiger partial charge is 0.496 e. The fraction of sp³-hybridized carbons (Fsp3) is 0.143. The zero-order chi connectivity index (χ0) is 12.3. The molecule has 1 atom stereocenters. The number of hydrogen-bond donors (Lipinski definition) is 1. The van der Waals surface area contributed by atoms with Crippen LogP contribution in [0.1, 0.15) is 17.2 Å². The van der Waals surface area contributed by atoms with Gasteiger partial charge in [-0.25, -0.2) is 0 Å². The van der Waals surface area contributed by atoms with Crippen LogP contribution in [0.4, 0.5) is 0 Å². The molecule has 2 nitrogen and oxygen atoms in total. The van der Waals surface area contributed by atoms with E-state index < -0.39 is 6.10 Å². The highest BCUT2D eigenvalue weighted by atomic mass is 79.9. The molecule has 0 saturated carbocycles. The third kappa shape index (κ3) is 2.68. The van der Waals surface area contributed by atoms with Crippen molar-refractivity contribution in [1.29, 1.82) is 0 Å². The number of methoxy groups -OCH3 is 1. The first-order chi connectivity index (χ1) is 8.22. The second-order valence-electron chi connectivity index (χ2n) is 3.70. The summed E-state index contributed by atoms with van der Waals surface area (Å²) in [7, 11) is 1.60. The van der Waals surface area contributed by atoms with E-state index in [0.717, 1.165) is 15.6 Å². The Bertz CT molecular complexity index is 511. The lowest BCUT2D eigenvalue weighted by atomic mass is 10.0. The topological polar surface area (TPSA) is 29.5 Å². The minimum absolute atomic E-state index is 0.677. The van der Waals surface area contributed by atoms with Gasteiger partial charge in [-0.3, -0.25) is 0 Å². The zero-order valence-electron chi connectivity index (χ0n) is 9.43. The molecule has 0 aliphatic rings. The summed E-state index contributed by atoms with van der Waals surface area (Å²) >= 11 is 3.40. The van der Waals surface area contributed by atoms with Crippen LogP contribution in [0.2, 0.25) is 0 Å². The molecular formula is C14H13BrO2. The summed E-state index contributed by atoms with van der Waals surface area (Å²) in [5, 5.41) is 10.3. The summed E-state index contributed by atoms with van der Waals surface area (Å²) in [6, 6.07) is 15.1. The summed E-state index contributed by atoms with van der Waals surface area (Å²) in [5.74, 6) is 0.694. The van der Waals surface area contributed by atoms with E-state index in [9.17, 15) is 5.11 Å². The first kappa shape index (κ1) is 12.1. The van der Waals surface area contributed by atoms with Crippen LogP contribution in [-0.2, 0) is 0 Å². The molecule has 17 heavy (non-hydrogen) atoms. The van der Waals surface area contributed by atoms with Crippen LogP contribution in [0.5, 0.6) is 5.75 Å².